The Bertz CT molecular complexity index is 528. The van der Waals surface area contributed by atoms with Gasteiger partial charge in [-0.05, 0) is 23.3 Å². The topological polar surface area (TPSA) is 82.0 Å². The van der Waals surface area contributed by atoms with Crippen LogP contribution in [0, 0.1) is 10.1 Å². The molecule has 1 heterocycles. The first-order valence-corrected chi connectivity index (χ1v) is 5.08. The number of nitro groups is 1. The molecular weight excluding hydrogens is 218 g/mol. The predicted octanol–water partition coefficient (Wildman–Crippen LogP) is 2.04. The van der Waals surface area contributed by atoms with Gasteiger partial charge in [-0.3, -0.25) is 15.1 Å². The number of benzene rings is 1. The fourth-order valence-electron chi connectivity index (χ4n) is 1.60. The SMILES string of the molecule is NC(c1ccncc1)c1cccc([N+](=O)[O-])c1. The number of hydrogen-bond donors (Lipinski definition) is 1. The van der Waals surface area contributed by atoms with Crippen LogP contribution in [-0.4, -0.2) is 9.91 Å². The summed E-state index contributed by atoms with van der Waals surface area (Å²) in [6, 6.07) is 9.56. The van der Waals surface area contributed by atoms with Crippen molar-refractivity contribution in [3.05, 3.63) is 70.0 Å². The monoisotopic (exact) mass is 229 g/mol. The molecule has 0 aliphatic carbocycles. The van der Waals surface area contributed by atoms with E-state index in [0.29, 0.717) is 5.56 Å². The number of non-ortho nitro benzene ring substituents is 1. The van der Waals surface area contributed by atoms with Crippen molar-refractivity contribution in [3.63, 3.8) is 0 Å². The van der Waals surface area contributed by atoms with E-state index in [-0.39, 0.29) is 11.7 Å². The molecule has 1 unspecified atom stereocenters. The maximum absolute atomic E-state index is 10.7. The zero-order valence-electron chi connectivity index (χ0n) is 8.98. The molecule has 1 atom stereocenters. The minimum atomic E-state index is -0.428. The quantitative estimate of drug-likeness (QED) is 0.644. The molecule has 2 aromatic rings. The van der Waals surface area contributed by atoms with E-state index in [4.69, 9.17) is 5.73 Å². The van der Waals surface area contributed by atoms with E-state index in [1.807, 2.05) is 0 Å². The van der Waals surface area contributed by atoms with Crippen molar-refractivity contribution >= 4 is 5.69 Å². The van der Waals surface area contributed by atoms with Gasteiger partial charge in [-0.1, -0.05) is 12.1 Å². The molecule has 0 spiro atoms. The molecule has 0 aliphatic heterocycles. The maximum Gasteiger partial charge on any atom is 0.269 e. The molecule has 1 aromatic carbocycles. The lowest BCUT2D eigenvalue weighted by Crippen LogP contribution is -2.11. The van der Waals surface area contributed by atoms with Crippen LogP contribution in [0.25, 0.3) is 0 Å². The zero-order chi connectivity index (χ0) is 12.3. The fraction of sp³-hybridized carbons (Fsp3) is 0.0833. The van der Waals surface area contributed by atoms with Gasteiger partial charge in [0.05, 0.1) is 11.0 Å². The Kier molecular flexibility index (Phi) is 3.11. The molecule has 0 saturated carbocycles. The van der Waals surface area contributed by atoms with Crippen molar-refractivity contribution in [1.29, 1.82) is 0 Å². The van der Waals surface area contributed by atoms with Gasteiger partial charge in [-0.15, -0.1) is 0 Å². The molecule has 1 aromatic heterocycles. The molecular formula is C12H11N3O2. The third-order valence-corrected chi connectivity index (χ3v) is 2.51. The van der Waals surface area contributed by atoms with Gasteiger partial charge in [-0.25, -0.2) is 0 Å². The van der Waals surface area contributed by atoms with E-state index in [1.54, 1.807) is 36.7 Å². The zero-order valence-corrected chi connectivity index (χ0v) is 8.98. The Labute approximate surface area is 98.1 Å². The third-order valence-electron chi connectivity index (χ3n) is 2.51. The van der Waals surface area contributed by atoms with E-state index in [2.05, 4.69) is 4.98 Å². The van der Waals surface area contributed by atoms with Crippen LogP contribution in [0.2, 0.25) is 0 Å². The lowest BCUT2D eigenvalue weighted by Gasteiger charge is -2.11. The minimum Gasteiger partial charge on any atom is -0.320 e. The first-order chi connectivity index (χ1) is 8.18. The van der Waals surface area contributed by atoms with Crippen LogP contribution in [0.4, 0.5) is 5.69 Å². The summed E-state index contributed by atoms with van der Waals surface area (Å²) >= 11 is 0. The number of nitrogens with two attached hydrogens (primary N) is 1. The molecule has 17 heavy (non-hydrogen) atoms. The highest BCUT2D eigenvalue weighted by atomic mass is 16.6. The number of hydrogen-bond acceptors (Lipinski definition) is 4. The second-order valence-corrected chi connectivity index (χ2v) is 3.61. The Morgan fingerprint density at radius 3 is 2.53 bits per heavy atom. The first kappa shape index (κ1) is 11.2. The van der Waals surface area contributed by atoms with Crippen LogP contribution in [-0.2, 0) is 0 Å². The molecule has 0 aliphatic rings. The van der Waals surface area contributed by atoms with Gasteiger partial charge in [-0.2, -0.15) is 0 Å². The summed E-state index contributed by atoms with van der Waals surface area (Å²) in [5.41, 5.74) is 7.67. The number of nitrogens with zero attached hydrogens (tertiary/aromatic N) is 2. The predicted molar refractivity (Wildman–Crippen MR) is 63.4 cm³/mol. The lowest BCUT2D eigenvalue weighted by atomic mass is 10.0. The summed E-state index contributed by atoms with van der Waals surface area (Å²) in [5.74, 6) is 0. The van der Waals surface area contributed by atoms with Gasteiger partial charge in [0, 0.05) is 24.5 Å². The molecule has 0 bridgehead atoms. The van der Waals surface area contributed by atoms with Crippen LogP contribution in [0.5, 0.6) is 0 Å². The van der Waals surface area contributed by atoms with Crippen LogP contribution in [0.1, 0.15) is 17.2 Å². The number of rotatable bonds is 3. The van der Waals surface area contributed by atoms with Crippen molar-refractivity contribution < 1.29 is 4.92 Å². The summed E-state index contributed by atoms with van der Waals surface area (Å²) in [5, 5.41) is 10.7. The highest BCUT2D eigenvalue weighted by molar-refractivity contribution is 5.39. The first-order valence-electron chi connectivity index (χ1n) is 5.08. The molecule has 2 rings (SSSR count). The lowest BCUT2D eigenvalue weighted by molar-refractivity contribution is -0.384. The molecule has 0 saturated heterocycles. The summed E-state index contributed by atoms with van der Waals surface area (Å²) in [7, 11) is 0. The maximum atomic E-state index is 10.7. The van der Waals surface area contributed by atoms with E-state index in [1.165, 1.54) is 12.1 Å². The molecule has 86 valence electrons. The second-order valence-electron chi connectivity index (χ2n) is 3.61. The highest BCUT2D eigenvalue weighted by Crippen LogP contribution is 2.22. The fourth-order valence-corrected chi connectivity index (χ4v) is 1.60. The van der Waals surface area contributed by atoms with E-state index >= 15 is 0 Å². The van der Waals surface area contributed by atoms with Crippen LogP contribution in [0.15, 0.2) is 48.8 Å². The Balaban J connectivity index is 2.34. The van der Waals surface area contributed by atoms with Gasteiger partial charge in [0.15, 0.2) is 0 Å². The van der Waals surface area contributed by atoms with E-state index in [0.717, 1.165) is 5.56 Å². The molecule has 0 fully saturated rings. The molecule has 5 nitrogen and oxygen atoms in total. The van der Waals surface area contributed by atoms with Crippen molar-refractivity contribution in [3.8, 4) is 0 Å². The highest BCUT2D eigenvalue weighted by Gasteiger charge is 2.12. The third kappa shape index (κ3) is 2.46. The number of aromatic nitrogens is 1. The molecule has 5 heteroatoms. The van der Waals surface area contributed by atoms with E-state index in [9.17, 15) is 10.1 Å². The number of nitro benzene ring substituents is 1. The van der Waals surface area contributed by atoms with Gasteiger partial charge >= 0.3 is 0 Å². The summed E-state index contributed by atoms with van der Waals surface area (Å²) in [6.07, 6.45) is 3.29. The van der Waals surface area contributed by atoms with Crippen molar-refractivity contribution in [1.82, 2.24) is 4.98 Å². The summed E-state index contributed by atoms with van der Waals surface area (Å²) in [4.78, 5) is 14.1. The normalized spacial score (nSPS) is 12.1. The van der Waals surface area contributed by atoms with Gasteiger partial charge in [0.25, 0.3) is 5.69 Å². The van der Waals surface area contributed by atoms with Crippen LogP contribution >= 0.6 is 0 Å². The number of pyridine rings is 1. The van der Waals surface area contributed by atoms with Crippen LogP contribution < -0.4 is 5.73 Å². The molecule has 0 radical (unpaired) electrons. The summed E-state index contributed by atoms with van der Waals surface area (Å²) < 4.78 is 0. The van der Waals surface area contributed by atoms with Crippen molar-refractivity contribution in [2.45, 2.75) is 6.04 Å². The van der Waals surface area contributed by atoms with Gasteiger partial charge < -0.3 is 5.73 Å². The van der Waals surface area contributed by atoms with Crippen LogP contribution in [0.3, 0.4) is 0 Å². The van der Waals surface area contributed by atoms with Gasteiger partial charge in [0.1, 0.15) is 0 Å². The average Bonchev–Trinajstić information content (AvgIpc) is 2.39. The molecule has 0 amide bonds. The Hall–Kier alpha value is -2.27. The Morgan fingerprint density at radius 2 is 1.88 bits per heavy atom. The standard InChI is InChI=1S/C12H11N3O2/c13-12(9-4-6-14-7-5-9)10-2-1-3-11(8-10)15(16)17/h1-8,12H,13H2. The second kappa shape index (κ2) is 4.71. The Morgan fingerprint density at radius 1 is 1.18 bits per heavy atom. The smallest absolute Gasteiger partial charge is 0.269 e. The minimum absolute atomic E-state index is 0.0482. The van der Waals surface area contributed by atoms with Gasteiger partial charge in [0.2, 0.25) is 0 Å². The van der Waals surface area contributed by atoms with Crippen molar-refractivity contribution in [2.75, 3.05) is 0 Å². The largest absolute Gasteiger partial charge is 0.320 e. The van der Waals surface area contributed by atoms with Crippen molar-refractivity contribution in [2.24, 2.45) is 5.73 Å². The molecule has 2 N–H and O–H groups in total. The summed E-state index contributed by atoms with van der Waals surface area (Å²) in [6.45, 7) is 0. The van der Waals surface area contributed by atoms with E-state index < -0.39 is 4.92 Å². The average molecular weight is 229 g/mol.